The van der Waals surface area contributed by atoms with Crippen LogP contribution in [0.1, 0.15) is 34.5 Å². The SMILES string of the molecule is N#CC1(c2ccccc2)CCN(c2nc(-c3cccnc3)nc3c2CCNC3=O)CC1. The number of anilines is 1. The summed E-state index contributed by atoms with van der Waals surface area (Å²) in [5.41, 5.74) is 2.68. The van der Waals surface area contributed by atoms with Gasteiger partial charge < -0.3 is 10.2 Å². The average molecular weight is 410 g/mol. The van der Waals surface area contributed by atoms with Gasteiger partial charge in [0, 0.05) is 43.2 Å². The first-order valence-electron chi connectivity index (χ1n) is 10.5. The van der Waals surface area contributed by atoms with Crippen LogP contribution in [0.3, 0.4) is 0 Å². The summed E-state index contributed by atoms with van der Waals surface area (Å²) in [7, 11) is 0. The fourth-order valence-electron chi connectivity index (χ4n) is 4.48. The van der Waals surface area contributed by atoms with Crippen LogP contribution in [0.25, 0.3) is 11.4 Å². The summed E-state index contributed by atoms with van der Waals surface area (Å²) >= 11 is 0. The second-order valence-corrected chi connectivity index (χ2v) is 7.99. The highest BCUT2D eigenvalue weighted by atomic mass is 16.1. The van der Waals surface area contributed by atoms with Crippen molar-refractivity contribution in [2.75, 3.05) is 24.5 Å². The fourth-order valence-corrected chi connectivity index (χ4v) is 4.48. The number of hydrogen-bond acceptors (Lipinski definition) is 6. The predicted octanol–water partition coefficient (Wildman–Crippen LogP) is 2.89. The minimum Gasteiger partial charge on any atom is -0.356 e. The lowest BCUT2D eigenvalue weighted by molar-refractivity contribution is 0.0940. The van der Waals surface area contributed by atoms with Crippen molar-refractivity contribution in [3.8, 4) is 17.5 Å². The topological polar surface area (TPSA) is 94.8 Å². The number of benzene rings is 1. The summed E-state index contributed by atoms with van der Waals surface area (Å²) in [6.07, 6.45) is 5.52. The van der Waals surface area contributed by atoms with Crippen LogP contribution in [0.15, 0.2) is 54.9 Å². The summed E-state index contributed by atoms with van der Waals surface area (Å²) < 4.78 is 0. The van der Waals surface area contributed by atoms with E-state index in [1.165, 1.54) is 0 Å². The molecule has 154 valence electrons. The summed E-state index contributed by atoms with van der Waals surface area (Å²) in [6.45, 7) is 1.97. The maximum Gasteiger partial charge on any atom is 0.270 e. The molecule has 3 aromatic rings. The molecule has 0 bridgehead atoms. The van der Waals surface area contributed by atoms with Gasteiger partial charge in [0.2, 0.25) is 0 Å². The molecule has 2 aliphatic rings. The molecule has 0 atom stereocenters. The minimum absolute atomic E-state index is 0.164. The van der Waals surface area contributed by atoms with E-state index in [0.717, 1.165) is 22.5 Å². The van der Waals surface area contributed by atoms with Crippen LogP contribution in [0, 0.1) is 11.3 Å². The van der Waals surface area contributed by atoms with Gasteiger partial charge in [-0.2, -0.15) is 5.26 Å². The number of amides is 1. The molecule has 0 saturated carbocycles. The van der Waals surface area contributed by atoms with Gasteiger partial charge >= 0.3 is 0 Å². The van der Waals surface area contributed by atoms with E-state index >= 15 is 0 Å². The van der Waals surface area contributed by atoms with Crippen LogP contribution >= 0.6 is 0 Å². The number of nitriles is 1. The van der Waals surface area contributed by atoms with Gasteiger partial charge in [-0.25, -0.2) is 9.97 Å². The van der Waals surface area contributed by atoms with Gasteiger partial charge in [-0.3, -0.25) is 9.78 Å². The zero-order chi connectivity index (χ0) is 21.3. The number of fused-ring (bicyclic) bond motifs is 1. The van der Waals surface area contributed by atoms with Crippen molar-refractivity contribution >= 4 is 11.7 Å². The minimum atomic E-state index is -0.492. The van der Waals surface area contributed by atoms with E-state index in [-0.39, 0.29) is 5.91 Å². The number of aromatic nitrogens is 3. The highest BCUT2D eigenvalue weighted by molar-refractivity contribution is 5.96. The second kappa shape index (κ2) is 7.80. The molecule has 5 rings (SSSR count). The Morgan fingerprint density at radius 1 is 1.06 bits per heavy atom. The third-order valence-corrected chi connectivity index (χ3v) is 6.24. The molecule has 0 radical (unpaired) electrons. The zero-order valence-electron chi connectivity index (χ0n) is 17.1. The first-order chi connectivity index (χ1) is 15.2. The van der Waals surface area contributed by atoms with Crippen LogP contribution in [0.2, 0.25) is 0 Å². The third-order valence-electron chi connectivity index (χ3n) is 6.24. The largest absolute Gasteiger partial charge is 0.356 e. The summed E-state index contributed by atoms with van der Waals surface area (Å²) in [5, 5.41) is 12.9. The van der Waals surface area contributed by atoms with Gasteiger partial charge in [-0.15, -0.1) is 0 Å². The van der Waals surface area contributed by atoms with Gasteiger partial charge in [0.05, 0.1) is 11.5 Å². The Morgan fingerprint density at radius 3 is 2.58 bits per heavy atom. The van der Waals surface area contributed by atoms with E-state index in [4.69, 9.17) is 4.98 Å². The van der Waals surface area contributed by atoms with E-state index in [1.807, 2.05) is 42.5 Å². The van der Waals surface area contributed by atoms with Crippen molar-refractivity contribution in [2.45, 2.75) is 24.7 Å². The summed E-state index contributed by atoms with van der Waals surface area (Å²) in [4.78, 5) is 28.4. The van der Waals surface area contributed by atoms with Crippen LogP contribution in [0.4, 0.5) is 5.82 Å². The second-order valence-electron chi connectivity index (χ2n) is 7.99. The predicted molar refractivity (Wildman–Crippen MR) is 116 cm³/mol. The van der Waals surface area contributed by atoms with E-state index in [0.29, 0.717) is 50.4 Å². The Kier molecular flexibility index (Phi) is 4.83. The molecule has 0 aliphatic carbocycles. The maximum absolute atomic E-state index is 12.6. The Balaban J connectivity index is 1.51. The van der Waals surface area contributed by atoms with E-state index < -0.39 is 5.41 Å². The Labute approximate surface area is 180 Å². The Morgan fingerprint density at radius 2 is 1.87 bits per heavy atom. The van der Waals surface area contributed by atoms with Crippen molar-refractivity contribution in [1.29, 1.82) is 5.26 Å². The normalized spacial score (nSPS) is 17.4. The number of rotatable bonds is 3. The molecule has 1 N–H and O–H groups in total. The molecular weight excluding hydrogens is 388 g/mol. The lowest BCUT2D eigenvalue weighted by atomic mass is 9.74. The molecule has 0 spiro atoms. The molecule has 1 fully saturated rings. The number of hydrogen-bond donors (Lipinski definition) is 1. The third kappa shape index (κ3) is 3.40. The average Bonchev–Trinajstić information content (AvgIpc) is 2.85. The number of carbonyl (C=O) groups excluding carboxylic acids is 1. The van der Waals surface area contributed by atoms with Crippen molar-refractivity contribution in [3.63, 3.8) is 0 Å². The van der Waals surface area contributed by atoms with Gasteiger partial charge in [0.1, 0.15) is 11.5 Å². The van der Waals surface area contributed by atoms with Crippen molar-refractivity contribution in [2.24, 2.45) is 0 Å². The Bertz CT molecular complexity index is 1150. The molecule has 4 heterocycles. The van der Waals surface area contributed by atoms with Gasteiger partial charge in [0.15, 0.2) is 5.82 Å². The lowest BCUT2D eigenvalue weighted by Crippen LogP contribution is -2.43. The van der Waals surface area contributed by atoms with Crippen molar-refractivity contribution in [3.05, 3.63) is 71.7 Å². The molecule has 31 heavy (non-hydrogen) atoms. The molecule has 1 saturated heterocycles. The highest BCUT2D eigenvalue weighted by Crippen LogP contribution is 2.37. The number of piperidine rings is 1. The molecule has 7 nitrogen and oxygen atoms in total. The molecule has 0 unspecified atom stereocenters. The molecule has 7 heteroatoms. The van der Waals surface area contributed by atoms with Crippen LogP contribution < -0.4 is 10.2 Å². The first-order valence-corrected chi connectivity index (χ1v) is 10.5. The number of nitrogens with zero attached hydrogens (tertiary/aromatic N) is 5. The van der Waals surface area contributed by atoms with Crippen LogP contribution in [0.5, 0.6) is 0 Å². The standard InChI is InChI=1S/C24H22N6O/c25-16-24(18-6-2-1-3-7-18)9-13-30(14-10-24)22-19-8-12-27-23(31)20(19)28-21(29-22)17-5-4-11-26-15-17/h1-7,11,15H,8-10,12-14H2,(H,27,31). The number of carbonyl (C=O) groups is 1. The fraction of sp³-hybridized carbons (Fsp3) is 0.292. The van der Waals surface area contributed by atoms with E-state index in [2.05, 4.69) is 26.3 Å². The number of nitrogens with one attached hydrogen (secondary N) is 1. The first kappa shape index (κ1) is 19.2. The molecular formula is C24H22N6O. The quantitative estimate of drug-likeness (QED) is 0.713. The lowest BCUT2D eigenvalue weighted by Gasteiger charge is -2.39. The van der Waals surface area contributed by atoms with Gasteiger partial charge in [0.25, 0.3) is 5.91 Å². The summed E-state index contributed by atoms with van der Waals surface area (Å²) in [6, 6.07) is 16.3. The van der Waals surface area contributed by atoms with Crippen LogP contribution in [-0.2, 0) is 11.8 Å². The van der Waals surface area contributed by atoms with Gasteiger partial charge in [-0.1, -0.05) is 30.3 Å². The van der Waals surface area contributed by atoms with Crippen molar-refractivity contribution in [1.82, 2.24) is 20.3 Å². The zero-order valence-corrected chi connectivity index (χ0v) is 17.1. The molecule has 2 aromatic heterocycles. The van der Waals surface area contributed by atoms with Crippen molar-refractivity contribution < 1.29 is 4.79 Å². The molecule has 2 aliphatic heterocycles. The molecule has 1 amide bonds. The Hall–Kier alpha value is -3.79. The van der Waals surface area contributed by atoms with E-state index in [1.54, 1.807) is 12.4 Å². The summed E-state index contributed by atoms with van der Waals surface area (Å²) in [5.74, 6) is 1.14. The highest BCUT2D eigenvalue weighted by Gasteiger charge is 2.38. The number of pyridine rings is 1. The maximum atomic E-state index is 12.6. The van der Waals surface area contributed by atoms with E-state index in [9.17, 15) is 10.1 Å². The van der Waals surface area contributed by atoms with Gasteiger partial charge in [-0.05, 0) is 37.0 Å². The smallest absolute Gasteiger partial charge is 0.270 e. The molecule has 1 aromatic carbocycles. The monoisotopic (exact) mass is 410 g/mol. The van der Waals surface area contributed by atoms with Crippen LogP contribution in [-0.4, -0.2) is 40.5 Å².